The Balaban J connectivity index is 2.00. The molecule has 0 amide bonds. The first-order valence-electron chi connectivity index (χ1n) is 9.07. The van der Waals surface area contributed by atoms with Crippen molar-refractivity contribution >= 4 is 39.1 Å². The number of aromatic nitrogens is 1. The van der Waals surface area contributed by atoms with E-state index in [2.05, 4.69) is 119 Å². The Labute approximate surface area is 169 Å². The molecule has 0 N–H and O–H groups in total. The van der Waals surface area contributed by atoms with Crippen LogP contribution in [0.15, 0.2) is 114 Å². The first-order valence-corrected chi connectivity index (χ1v) is 12.1. The van der Waals surface area contributed by atoms with E-state index in [9.17, 15) is 0 Å². The van der Waals surface area contributed by atoms with Gasteiger partial charge in [-0.3, -0.25) is 0 Å². The number of benzene rings is 3. The number of hydrogen-bond acceptors (Lipinski definition) is 1. The summed E-state index contributed by atoms with van der Waals surface area (Å²) < 4.78 is 0.886. The van der Waals surface area contributed by atoms with E-state index >= 15 is 0 Å². The van der Waals surface area contributed by atoms with Gasteiger partial charge in [-0.2, -0.15) is 0 Å². The molecule has 134 valence electrons. The molecule has 0 spiro atoms. The molecule has 0 aliphatic rings. The van der Waals surface area contributed by atoms with Crippen LogP contribution >= 0.6 is 23.2 Å². The molecular formula is C24H21BrNP. The molecule has 1 aromatic heterocycles. The fraction of sp³-hybridized carbons (Fsp3) is 0.0417. The summed E-state index contributed by atoms with van der Waals surface area (Å²) in [6, 6.07) is 39.1. The second-order valence-electron chi connectivity index (χ2n) is 6.63. The molecule has 1 heterocycles. The van der Waals surface area contributed by atoms with Crippen LogP contribution in [0.25, 0.3) is 0 Å². The van der Waals surface area contributed by atoms with E-state index in [0.29, 0.717) is 0 Å². The molecule has 3 aromatic carbocycles. The molecule has 1 nitrogen and oxygen atoms in total. The summed E-state index contributed by atoms with van der Waals surface area (Å²) in [7, 11) is -2.27. The molecule has 0 saturated carbocycles. The van der Waals surface area contributed by atoms with Crippen LogP contribution in [0, 0.1) is 0 Å². The van der Waals surface area contributed by atoms with E-state index in [1.54, 1.807) is 0 Å². The Hall–Kier alpha value is -2.28. The molecule has 27 heavy (non-hydrogen) atoms. The Bertz CT molecular complexity index is 907. The summed E-state index contributed by atoms with van der Waals surface area (Å²) >= 11 is 3.54. The van der Waals surface area contributed by atoms with Crippen LogP contribution in [-0.4, -0.2) is 4.98 Å². The summed E-state index contributed by atoms with van der Waals surface area (Å²) in [6.07, 6.45) is 0.921. The third kappa shape index (κ3) is 3.74. The molecule has 0 saturated heterocycles. The standard InChI is InChI=1S/C24H21BrNP/c25-24-18-10-11-20(26-24)19-27(21-12-4-1-5-13-21,22-14-6-2-7-15-22)23-16-8-3-9-17-23/h1-18,27H,19H2. The van der Waals surface area contributed by atoms with E-state index in [0.717, 1.165) is 16.5 Å². The molecule has 0 atom stereocenters. The van der Waals surface area contributed by atoms with Gasteiger partial charge < -0.3 is 0 Å². The molecule has 0 radical (unpaired) electrons. The van der Waals surface area contributed by atoms with Gasteiger partial charge in [0.25, 0.3) is 0 Å². The zero-order valence-electron chi connectivity index (χ0n) is 14.9. The summed E-state index contributed by atoms with van der Waals surface area (Å²) in [5.74, 6) is 0. The maximum atomic E-state index is 4.79. The molecule has 4 aromatic rings. The van der Waals surface area contributed by atoms with Gasteiger partial charge in [-0.15, -0.1) is 0 Å². The Morgan fingerprint density at radius 2 is 1.00 bits per heavy atom. The quantitative estimate of drug-likeness (QED) is 0.316. The Morgan fingerprint density at radius 3 is 1.41 bits per heavy atom. The van der Waals surface area contributed by atoms with Crippen LogP contribution in [0.2, 0.25) is 0 Å². The minimum atomic E-state index is -2.27. The van der Waals surface area contributed by atoms with Crippen molar-refractivity contribution < 1.29 is 0 Å². The van der Waals surface area contributed by atoms with Gasteiger partial charge in [-0.25, -0.2) is 0 Å². The number of hydrogen-bond donors (Lipinski definition) is 0. The van der Waals surface area contributed by atoms with E-state index < -0.39 is 7.26 Å². The fourth-order valence-electron chi connectivity index (χ4n) is 3.79. The van der Waals surface area contributed by atoms with E-state index in [1.165, 1.54) is 15.9 Å². The van der Waals surface area contributed by atoms with Crippen LogP contribution in [0.3, 0.4) is 0 Å². The van der Waals surface area contributed by atoms with E-state index in [4.69, 9.17) is 4.98 Å². The second-order valence-corrected chi connectivity index (χ2v) is 11.3. The molecule has 0 unspecified atom stereocenters. The van der Waals surface area contributed by atoms with Crippen LogP contribution in [0.4, 0.5) is 0 Å². The average molecular weight is 434 g/mol. The Kier molecular flexibility index (Phi) is 5.48. The van der Waals surface area contributed by atoms with E-state index in [-0.39, 0.29) is 0 Å². The summed E-state index contributed by atoms with van der Waals surface area (Å²) in [5.41, 5.74) is 1.12. The van der Waals surface area contributed by atoms with Gasteiger partial charge in [0.15, 0.2) is 0 Å². The van der Waals surface area contributed by atoms with Crippen molar-refractivity contribution in [2.75, 3.05) is 0 Å². The van der Waals surface area contributed by atoms with Crippen LogP contribution in [-0.2, 0) is 6.16 Å². The van der Waals surface area contributed by atoms with Gasteiger partial charge in [-0.05, 0) is 0 Å². The molecule has 0 aliphatic carbocycles. The number of pyridine rings is 1. The second kappa shape index (κ2) is 8.17. The van der Waals surface area contributed by atoms with Gasteiger partial charge in [0, 0.05) is 0 Å². The maximum absolute atomic E-state index is 4.79. The molecular weight excluding hydrogens is 413 g/mol. The molecule has 3 heteroatoms. The molecule has 0 fully saturated rings. The van der Waals surface area contributed by atoms with Crippen molar-refractivity contribution in [1.29, 1.82) is 0 Å². The molecule has 0 bridgehead atoms. The summed E-state index contributed by atoms with van der Waals surface area (Å²) in [6.45, 7) is 0. The topological polar surface area (TPSA) is 12.9 Å². The van der Waals surface area contributed by atoms with Crippen LogP contribution in [0.1, 0.15) is 5.69 Å². The predicted octanol–water partition coefficient (Wildman–Crippen LogP) is 5.07. The Morgan fingerprint density at radius 1 is 0.556 bits per heavy atom. The number of rotatable bonds is 5. The van der Waals surface area contributed by atoms with Crippen molar-refractivity contribution in [2.24, 2.45) is 0 Å². The van der Waals surface area contributed by atoms with Crippen molar-refractivity contribution in [1.82, 2.24) is 4.98 Å². The number of nitrogens with zero attached hydrogens (tertiary/aromatic N) is 1. The van der Waals surface area contributed by atoms with Gasteiger partial charge in [-0.1, -0.05) is 0 Å². The fourth-order valence-corrected chi connectivity index (χ4v) is 8.81. The average Bonchev–Trinajstić information content (AvgIpc) is 2.74. The van der Waals surface area contributed by atoms with Crippen LogP contribution < -0.4 is 15.9 Å². The van der Waals surface area contributed by atoms with Gasteiger partial charge in [0.05, 0.1) is 0 Å². The molecule has 4 rings (SSSR count). The van der Waals surface area contributed by atoms with E-state index in [1.807, 2.05) is 6.07 Å². The molecule has 0 aliphatic heterocycles. The van der Waals surface area contributed by atoms with Crippen molar-refractivity contribution in [3.63, 3.8) is 0 Å². The van der Waals surface area contributed by atoms with Gasteiger partial charge in [0.2, 0.25) is 0 Å². The number of halogens is 1. The SMILES string of the molecule is Brc1cccc(C[PH](c2ccccc2)(c2ccccc2)c2ccccc2)n1. The third-order valence-corrected chi connectivity index (χ3v) is 10.3. The summed E-state index contributed by atoms with van der Waals surface area (Å²) in [5, 5.41) is 4.22. The first-order chi connectivity index (χ1) is 13.3. The predicted molar refractivity (Wildman–Crippen MR) is 122 cm³/mol. The van der Waals surface area contributed by atoms with Gasteiger partial charge >= 0.3 is 170 Å². The van der Waals surface area contributed by atoms with Crippen molar-refractivity contribution in [2.45, 2.75) is 6.16 Å². The summed E-state index contributed by atoms with van der Waals surface area (Å²) in [4.78, 5) is 4.79. The van der Waals surface area contributed by atoms with Crippen LogP contribution in [0.5, 0.6) is 0 Å². The normalized spacial score (nSPS) is 11.9. The van der Waals surface area contributed by atoms with Gasteiger partial charge in [0.1, 0.15) is 0 Å². The van der Waals surface area contributed by atoms with Crippen molar-refractivity contribution in [3.05, 3.63) is 119 Å². The first kappa shape index (κ1) is 18.1. The van der Waals surface area contributed by atoms with Crippen molar-refractivity contribution in [3.8, 4) is 0 Å². The zero-order chi connectivity index (χ0) is 18.5. The zero-order valence-corrected chi connectivity index (χ0v) is 17.5. The minimum absolute atomic E-state index is 0.886. The third-order valence-electron chi connectivity index (χ3n) is 5.02. The monoisotopic (exact) mass is 433 g/mol.